The molecule has 31 heavy (non-hydrogen) atoms. The van der Waals surface area contributed by atoms with E-state index in [-0.39, 0.29) is 5.91 Å². The molecule has 3 aromatic rings. The minimum atomic E-state index is 0.0289. The van der Waals surface area contributed by atoms with E-state index in [2.05, 4.69) is 16.0 Å². The van der Waals surface area contributed by atoms with Crippen LogP contribution in [0.25, 0.3) is 0 Å². The minimum Gasteiger partial charge on any atom is -0.493 e. The third kappa shape index (κ3) is 5.40. The summed E-state index contributed by atoms with van der Waals surface area (Å²) in [7, 11) is 1.60. The highest BCUT2D eigenvalue weighted by Gasteiger charge is 2.25. The van der Waals surface area contributed by atoms with Gasteiger partial charge in [-0.1, -0.05) is 12.1 Å². The molecule has 1 unspecified atom stereocenters. The summed E-state index contributed by atoms with van der Waals surface area (Å²) in [4.78, 5) is 23.7. The van der Waals surface area contributed by atoms with Crippen LogP contribution in [0.2, 0.25) is 0 Å². The molecule has 3 heterocycles. The molecule has 0 aliphatic carbocycles. The Balaban J connectivity index is 1.44. The first-order valence-corrected chi connectivity index (χ1v) is 10.6. The van der Waals surface area contributed by atoms with Gasteiger partial charge in [-0.2, -0.15) is 0 Å². The van der Waals surface area contributed by atoms with Crippen LogP contribution in [0.15, 0.2) is 67.1 Å². The van der Waals surface area contributed by atoms with E-state index in [0.717, 1.165) is 38.0 Å². The molecular weight excluding hydrogens is 390 g/mol. The molecule has 1 aliphatic rings. The van der Waals surface area contributed by atoms with Gasteiger partial charge in [0.25, 0.3) is 5.91 Å². The largest absolute Gasteiger partial charge is 0.493 e. The number of rotatable bonds is 7. The van der Waals surface area contributed by atoms with Gasteiger partial charge < -0.3 is 14.4 Å². The van der Waals surface area contributed by atoms with Crippen LogP contribution in [-0.2, 0) is 13.0 Å². The fourth-order valence-corrected chi connectivity index (χ4v) is 4.01. The maximum Gasteiger partial charge on any atom is 0.254 e. The molecule has 0 bridgehead atoms. The van der Waals surface area contributed by atoms with Crippen LogP contribution < -0.4 is 9.47 Å². The highest BCUT2D eigenvalue weighted by molar-refractivity contribution is 5.95. The lowest BCUT2D eigenvalue weighted by molar-refractivity contribution is 0.0672. The minimum absolute atomic E-state index is 0.0289. The maximum atomic E-state index is 13.2. The number of carbonyl (C=O) groups is 1. The van der Waals surface area contributed by atoms with Crippen molar-refractivity contribution in [1.82, 2.24) is 14.9 Å². The molecular formula is C25H27N3O3. The van der Waals surface area contributed by atoms with Gasteiger partial charge in [-0.3, -0.25) is 14.8 Å². The fraction of sp³-hybridized carbons (Fsp3) is 0.320. The Morgan fingerprint density at radius 2 is 2.06 bits per heavy atom. The normalized spacial score (nSPS) is 16.0. The van der Waals surface area contributed by atoms with Gasteiger partial charge in [-0.15, -0.1) is 0 Å². The first-order valence-electron chi connectivity index (χ1n) is 10.6. The lowest BCUT2D eigenvalue weighted by Gasteiger charge is -2.33. The van der Waals surface area contributed by atoms with Gasteiger partial charge in [0.15, 0.2) is 11.5 Å². The van der Waals surface area contributed by atoms with Gasteiger partial charge in [0.05, 0.1) is 12.8 Å². The summed E-state index contributed by atoms with van der Waals surface area (Å²) in [6.07, 6.45) is 8.51. The smallest absolute Gasteiger partial charge is 0.254 e. The van der Waals surface area contributed by atoms with Crippen LogP contribution in [0.4, 0.5) is 0 Å². The molecule has 1 amide bonds. The van der Waals surface area contributed by atoms with Crippen molar-refractivity contribution in [2.45, 2.75) is 25.9 Å². The van der Waals surface area contributed by atoms with Crippen LogP contribution in [-0.4, -0.2) is 41.0 Å². The molecule has 0 radical (unpaired) electrons. The number of hydrogen-bond acceptors (Lipinski definition) is 5. The van der Waals surface area contributed by atoms with Crippen molar-refractivity contribution in [3.8, 4) is 11.5 Å². The van der Waals surface area contributed by atoms with Gasteiger partial charge in [-0.25, -0.2) is 0 Å². The summed E-state index contributed by atoms with van der Waals surface area (Å²) in [5, 5.41) is 0. The average molecular weight is 418 g/mol. The number of amides is 1. The van der Waals surface area contributed by atoms with Gasteiger partial charge in [0.1, 0.15) is 6.61 Å². The monoisotopic (exact) mass is 417 g/mol. The second-order valence-electron chi connectivity index (χ2n) is 7.80. The summed E-state index contributed by atoms with van der Waals surface area (Å²) in [5.41, 5.74) is 2.64. The number of benzene rings is 1. The van der Waals surface area contributed by atoms with E-state index < -0.39 is 0 Å². The van der Waals surface area contributed by atoms with E-state index in [9.17, 15) is 4.79 Å². The molecule has 0 saturated carbocycles. The molecule has 1 atom stereocenters. The number of hydrogen-bond donors (Lipinski definition) is 0. The van der Waals surface area contributed by atoms with Crippen molar-refractivity contribution in [2.24, 2.45) is 5.92 Å². The number of carbonyl (C=O) groups excluding carboxylic acids is 1. The van der Waals surface area contributed by atoms with Gasteiger partial charge in [0.2, 0.25) is 0 Å². The Hall–Kier alpha value is -3.41. The zero-order valence-corrected chi connectivity index (χ0v) is 17.7. The first kappa shape index (κ1) is 20.8. The Kier molecular flexibility index (Phi) is 6.77. The van der Waals surface area contributed by atoms with Gasteiger partial charge >= 0.3 is 0 Å². The van der Waals surface area contributed by atoms with Crippen molar-refractivity contribution in [1.29, 1.82) is 0 Å². The number of nitrogens with zero attached hydrogens (tertiary/aromatic N) is 3. The third-order valence-electron chi connectivity index (χ3n) is 5.57. The Bertz CT molecular complexity index is 995. The summed E-state index contributed by atoms with van der Waals surface area (Å²) >= 11 is 0. The molecule has 6 heteroatoms. The topological polar surface area (TPSA) is 64.5 Å². The van der Waals surface area contributed by atoms with Crippen molar-refractivity contribution in [3.63, 3.8) is 0 Å². The van der Waals surface area contributed by atoms with Crippen LogP contribution >= 0.6 is 0 Å². The highest BCUT2D eigenvalue weighted by Crippen LogP contribution is 2.30. The van der Waals surface area contributed by atoms with Crippen molar-refractivity contribution in [2.75, 3.05) is 20.2 Å². The molecule has 6 nitrogen and oxygen atoms in total. The number of piperidine rings is 1. The fourth-order valence-electron chi connectivity index (χ4n) is 4.01. The van der Waals surface area contributed by atoms with Gasteiger partial charge in [0, 0.05) is 37.2 Å². The van der Waals surface area contributed by atoms with E-state index >= 15 is 0 Å². The van der Waals surface area contributed by atoms with E-state index in [1.54, 1.807) is 37.7 Å². The van der Waals surface area contributed by atoms with E-state index in [0.29, 0.717) is 29.6 Å². The van der Waals surface area contributed by atoms with Crippen molar-refractivity contribution < 1.29 is 14.3 Å². The van der Waals surface area contributed by atoms with E-state index in [1.165, 1.54) is 5.56 Å². The summed E-state index contributed by atoms with van der Waals surface area (Å²) < 4.78 is 11.3. The Morgan fingerprint density at radius 3 is 2.84 bits per heavy atom. The molecule has 0 spiro atoms. The summed E-state index contributed by atoms with van der Waals surface area (Å²) in [5.74, 6) is 1.62. The van der Waals surface area contributed by atoms with Gasteiger partial charge in [-0.05, 0) is 67.1 Å². The van der Waals surface area contributed by atoms with Crippen molar-refractivity contribution in [3.05, 3.63) is 83.9 Å². The molecule has 1 saturated heterocycles. The second kappa shape index (κ2) is 10.1. The Morgan fingerprint density at radius 1 is 1.13 bits per heavy atom. The number of ether oxygens (including phenoxy) is 2. The first-order chi connectivity index (χ1) is 15.2. The average Bonchev–Trinajstić information content (AvgIpc) is 2.83. The second-order valence-corrected chi connectivity index (χ2v) is 7.80. The third-order valence-corrected chi connectivity index (χ3v) is 5.57. The van der Waals surface area contributed by atoms with Crippen LogP contribution in [0, 0.1) is 5.92 Å². The van der Waals surface area contributed by atoms with Crippen LogP contribution in [0.1, 0.15) is 34.5 Å². The lowest BCUT2D eigenvalue weighted by Crippen LogP contribution is -2.40. The van der Waals surface area contributed by atoms with Crippen LogP contribution in [0.5, 0.6) is 11.5 Å². The summed E-state index contributed by atoms with van der Waals surface area (Å²) in [6, 6.07) is 15.1. The number of methoxy groups -OCH3 is 1. The molecule has 1 aliphatic heterocycles. The SMILES string of the molecule is COc1ccc(C(=O)N2CCCC(Cc3cccnc3)C2)cc1OCc1ccccn1. The number of aromatic nitrogens is 2. The zero-order valence-electron chi connectivity index (χ0n) is 17.7. The molecule has 1 fully saturated rings. The van der Waals surface area contributed by atoms with Crippen LogP contribution in [0.3, 0.4) is 0 Å². The maximum absolute atomic E-state index is 13.2. The molecule has 1 aromatic carbocycles. The Labute approximate surface area is 182 Å². The molecule has 0 N–H and O–H groups in total. The lowest BCUT2D eigenvalue weighted by atomic mass is 9.91. The standard InChI is InChI=1S/C25H27N3O3/c1-30-23-10-9-21(15-24(23)31-18-22-8-2-3-12-27-22)25(29)28-13-5-7-20(17-28)14-19-6-4-11-26-16-19/h2-4,6,8-12,15-16,20H,5,7,13-14,17-18H2,1H3. The molecule has 2 aromatic heterocycles. The molecule has 160 valence electrons. The van der Waals surface area contributed by atoms with E-state index in [1.807, 2.05) is 35.4 Å². The number of pyridine rings is 2. The number of likely N-dealkylation sites (tertiary alicyclic amines) is 1. The zero-order chi connectivity index (χ0) is 21.5. The predicted octanol–water partition coefficient (Wildman–Crippen LogP) is 4.16. The van der Waals surface area contributed by atoms with E-state index in [4.69, 9.17) is 9.47 Å². The molecule has 4 rings (SSSR count). The van der Waals surface area contributed by atoms with Crippen molar-refractivity contribution >= 4 is 5.91 Å². The predicted molar refractivity (Wildman–Crippen MR) is 118 cm³/mol. The highest BCUT2D eigenvalue weighted by atomic mass is 16.5. The quantitative estimate of drug-likeness (QED) is 0.578. The summed E-state index contributed by atoms with van der Waals surface area (Å²) in [6.45, 7) is 1.84.